The quantitative estimate of drug-likeness (QED) is 0.0625. The van der Waals surface area contributed by atoms with Crippen LogP contribution in [0.1, 0.15) is 64.0 Å². The Bertz CT molecular complexity index is 2340. The van der Waals surface area contributed by atoms with Crippen LogP contribution in [0.25, 0.3) is 10.9 Å². The normalized spacial score (nSPS) is 26.7. The Morgan fingerprint density at radius 3 is 2.26 bits per heavy atom. The smallest absolute Gasteiger partial charge is 0.248 e. The molecule has 5 rings (SSSR count). The fraction of sp³-hybridized carbons (Fsp3) is 0.622. The SMILES string of the molecule is CC[C@H](C)[C@@H]1NC(=O)CNC(=O)[C@@H]2Cc3c([nH]c4c(CSCCCCN)c(OC)ccc34)[S+]([O-])C[C@H](NC(=O)CNC1=O)C(=O)N[C@@H](CC(N)=O)C(=O)N1C[C@H](O)CC1C(=O)N[C@@H]([C@@H](C)[C@@H](O)CO)C(=O)N2. The molecule has 2 bridgehead atoms. The minimum atomic E-state index is -2.38. The van der Waals surface area contributed by atoms with Crippen molar-refractivity contribution in [3.63, 3.8) is 0 Å². The number of aromatic amines is 1. The Hall–Kier alpha value is -5.71. The van der Waals surface area contributed by atoms with Crippen molar-refractivity contribution in [3.8, 4) is 5.75 Å². The number of nitrogens with zero attached hydrogens (tertiary/aromatic N) is 1. The summed E-state index contributed by atoms with van der Waals surface area (Å²) in [6.45, 7) is 2.33. The van der Waals surface area contributed by atoms with Gasteiger partial charge in [-0.2, -0.15) is 11.8 Å². The van der Waals surface area contributed by atoms with E-state index in [1.165, 1.54) is 14.0 Å². The third-order valence-corrected chi connectivity index (χ3v) is 15.5. The molecule has 72 heavy (non-hydrogen) atoms. The van der Waals surface area contributed by atoms with Gasteiger partial charge in [0.05, 0.1) is 51.0 Å². The number of thioether (sulfide) groups is 1. The van der Waals surface area contributed by atoms with E-state index in [0.29, 0.717) is 46.7 Å². The summed E-state index contributed by atoms with van der Waals surface area (Å²) in [5.41, 5.74) is 12.4. The van der Waals surface area contributed by atoms with E-state index in [-0.39, 0.29) is 10.6 Å². The molecular weight excluding hydrogens is 983 g/mol. The first-order valence-electron chi connectivity index (χ1n) is 23.7. The number of aromatic nitrogens is 1. The van der Waals surface area contributed by atoms with E-state index in [9.17, 15) is 58.5 Å². The van der Waals surface area contributed by atoms with Crippen LogP contribution in [0, 0.1) is 11.8 Å². The van der Waals surface area contributed by atoms with Crippen LogP contribution >= 0.6 is 11.8 Å². The fourth-order valence-corrected chi connectivity index (χ4v) is 11.1. The number of ether oxygens (including phenoxy) is 1. The number of nitrogens with two attached hydrogens (primary N) is 2. The Morgan fingerprint density at radius 2 is 1.61 bits per heavy atom. The molecule has 2 aromatic rings. The van der Waals surface area contributed by atoms with Crippen molar-refractivity contribution >= 4 is 87.0 Å². The lowest BCUT2D eigenvalue weighted by atomic mass is 9.93. The van der Waals surface area contributed by atoms with Crippen molar-refractivity contribution in [3.05, 3.63) is 23.3 Å². The van der Waals surface area contributed by atoms with E-state index in [0.717, 1.165) is 17.7 Å². The first-order chi connectivity index (χ1) is 34.2. The third-order valence-electron chi connectivity index (χ3n) is 13.0. The zero-order valence-electron chi connectivity index (χ0n) is 40.6. The highest BCUT2D eigenvalue weighted by atomic mass is 32.2. The van der Waals surface area contributed by atoms with Crippen molar-refractivity contribution in [1.29, 1.82) is 0 Å². The maximum Gasteiger partial charge on any atom is 0.248 e. The number of amides is 9. The summed E-state index contributed by atoms with van der Waals surface area (Å²) in [5.74, 6) is -10.2. The summed E-state index contributed by atoms with van der Waals surface area (Å²) < 4.78 is 20.8. The monoisotopic (exact) mass is 1050 g/mol. The van der Waals surface area contributed by atoms with Crippen LogP contribution in [0.2, 0.25) is 0 Å². The molecule has 0 radical (unpaired) electrons. The number of nitrogens with one attached hydrogen (secondary N) is 8. The molecule has 1 fully saturated rings. The highest BCUT2D eigenvalue weighted by molar-refractivity contribution is 7.98. The standard InChI is InChI=1S/C45H67N11O14S2/c1-5-21(2)36-42(66)49-15-34(61)50-29-20-72(69)44-25(24-8-9-32(70-4)26(38(24)55-44)19-71-11-7-6-10-46)13-27(39(63)48-16-35(62)53-36)51-43(67)37(22(3)31(59)18-57)54-41(65)30-12-23(58)17-56(30)45(68)28(14-33(47)60)52-40(29)64/h8-9,21-23,27-31,36-37,55,57-59H,5-7,10-20,46H2,1-4H3,(H2,47,60)(H,48,63)(H,49,66)(H,50,61)(H,51,67)(H,52,64)(H,53,62)(H,54,65)/t21-,22-,23+,27-,28-,29-,30?,31-,36-,37-,72?/m0/s1. The number of carbonyl (C=O) groups excluding carboxylic acids is 9. The molecule has 0 aliphatic carbocycles. The average Bonchev–Trinajstić information content (AvgIpc) is 3.93. The van der Waals surface area contributed by atoms with Crippen LogP contribution in [0.3, 0.4) is 0 Å². The van der Waals surface area contributed by atoms with Gasteiger partial charge in [0.1, 0.15) is 41.7 Å². The number of methoxy groups -OCH3 is 1. The van der Waals surface area contributed by atoms with Gasteiger partial charge in [-0.05, 0) is 43.2 Å². The lowest BCUT2D eigenvalue weighted by Crippen LogP contribution is -2.62. The van der Waals surface area contributed by atoms with E-state index in [2.05, 4.69) is 42.2 Å². The second-order valence-corrected chi connectivity index (χ2v) is 20.7. The van der Waals surface area contributed by atoms with Crippen LogP contribution in [0.4, 0.5) is 0 Å². The minimum absolute atomic E-state index is 0.0935. The van der Waals surface area contributed by atoms with Gasteiger partial charge in [0.25, 0.3) is 0 Å². The van der Waals surface area contributed by atoms with E-state index < -0.39 is 176 Å². The number of aliphatic hydroxyl groups excluding tert-OH is 3. The Balaban J connectivity index is 1.78. The minimum Gasteiger partial charge on any atom is -0.610 e. The van der Waals surface area contributed by atoms with Crippen molar-refractivity contribution in [2.24, 2.45) is 23.3 Å². The Morgan fingerprint density at radius 1 is 0.917 bits per heavy atom. The molecule has 1 aromatic heterocycles. The molecule has 25 nitrogen and oxygen atoms in total. The van der Waals surface area contributed by atoms with Crippen molar-refractivity contribution in [2.45, 2.75) is 119 Å². The van der Waals surface area contributed by atoms with Crippen molar-refractivity contribution < 1.29 is 67.8 Å². The van der Waals surface area contributed by atoms with Gasteiger partial charge in [-0.3, -0.25) is 43.2 Å². The number of carbonyl (C=O) groups is 9. The van der Waals surface area contributed by atoms with E-state index in [4.69, 9.17) is 16.2 Å². The predicted molar refractivity (Wildman–Crippen MR) is 262 cm³/mol. The van der Waals surface area contributed by atoms with E-state index in [1.807, 2.05) is 0 Å². The third kappa shape index (κ3) is 14.3. The van der Waals surface area contributed by atoms with Gasteiger partial charge >= 0.3 is 0 Å². The Kier molecular flexibility index (Phi) is 20.9. The molecule has 0 saturated carbocycles. The fourth-order valence-electron chi connectivity index (χ4n) is 8.67. The van der Waals surface area contributed by atoms with Crippen LogP contribution in [0.5, 0.6) is 5.75 Å². The van der Waals surface area contributed by atoms with Gasteiger partial charge < -0.3 is 83.2 Å². The van der Waals surface area contributed by atoms with Crippen LogP contribution < -0.4 is 53.4 Å². The van der Waals surface area contributed by atoms with Crippen molar-refractivity contribution in [1.82, 2.24) is 47.1 Å². The molecule has 398 valence electrons. The van der Waals surface area contributed by atoms with Crippen LogP contribution in [-0.4, -0.2) is 183 Å². The van der Waals surface area contributed by atoms with Crippen LogP contribution in [-0.2, 0) is 66.5 Å². The molecule has 1 aromatic carbocycles. The summed E-state index contributed by atoms with van der Waals surface area (Å²) >= 11 is -0.828. The molecule has 27 heteroatoms. The molecular formula is C45H67N11O14S2. The largest absolute Gasteiger partial charge is 0.610 e. The molecule has 4 heterocycles. The van der Waals surface area contributed by atoms with Gasteiger partial charge in [0.2, 0.25) is 58.2 Å². The highest BCUT2D eigenvalue weighted by Crippen LogP contribution is 2.37. The summed E-state index contributed by atoms with van der Waals surface area (Å²) in [7, 11) is 1.46. The second-order valence-electron chi connectivity index (χ2n) is 18.1. The number of rotatable bonds is 14. The average molecular weight is 1050 g/mol. The zero-order chi connectivity index (χ0) is 53.0. The Labute approximate surface area is 422 Å². The maximum absolute atomic E-state index is 15.1. The van der Waals surface area contributed by atoms with Crippen molar-refractivity contribution in [2.75, 3.05) is 51.4 Å². The lowest BCUT2D eigenvalue weighted by molar-refractivity contribution is -0.144. The molecule has 1 saturated heterocycles. The summed E-state index contributed by atoms with van der Waals surface area (Å²) in [4.78, 5) is 130. The lowest BCUT2D eigenvalue weighted by Gasteiger charge is -2.32. The summed E-state index contributed by atoms with van der Waals surface area (Å²) in [6.07, 6.45) is -2.80. The first-order valence-corrected chi connectivity index (χ1v) is 26.2. The topological polar surface area (TPSA) is 402 Å². The molecule has 11 atom stereocenters. The predicted octanol–water partition coefficient (Wildman–Crippen LogP) is -4.65. The molecule has 0 spiro atoms. The maximum atomic E-state index is 15.1. The second kappa shape index (κ2) is 26.3. The van der Waals surface area contributed by atoms with E-state index >= 15 is 4.55 Å². The number of hydrogen-bond donors (Lipinski definition) is 13. The van der Waals surface area contributed by atoms with E-state index in [1.54, 1.807) is 37.7 Å². The van der Waals surface area contributed by atoms with Gasteiger partial charge in [-0.15, -0.1) is 0 Å². The summed E-state index contributed by atoms with van der Waals surface area (Å²) in [6, 6.07) is -6.66. The summed E-state index contributed by atoms with van der Waals surface area (Å²) in [5, 5.41) is 49.4. The molecule has 2 unspecified atom stereocenters. The molecule has 9 amide bonds. The molecule has 15 N–H and O–H groups in total. The number of unbranched alkanes of at least 4 members (excludes halogenated alkanes) is 1. The number of benzene rings is 1. The molecule has 3 aliphatic heterocycles. The first kappa shape index (κ1) is 57.2. The number of fused-ring (bicyclic) bond motifs is 5. The number of H-pyrrole nitrogens is 1. The number of aliphatic hydroxyl groups is 3. The van der Waals surface area contributed by atoms with Gasteiger partial charge in [-0.25, -0.2) is 0 Å². The number of primary amides is 1. The van der Waals surface area contributed by atoms with Gasteiger partial charge in [0, 0.05) is 58.7 Å². The highest BCUT2D eigenvalue weighted by Gasteiger charge is 2.45. The van der Waals surface area contributed by atoms with Gasteiger partial charge in [-0.1, -0.05) is 27.2 Å². The van der Waals surface area contributed by atoms with Crippen LogP contribution in [0.15, 0.2) is 17.2 Å². The molecule has 3 aliphatic rings. The number of hydrogen-bond acceptors (Lipinski definition) is 16. The zero-order valence-corrected chi connectivity index (χ0v) is 42.2. The van der Waals surface area contributed by atoms with Gasteiger partial charge in [0.15, 0.2) is 6.04 Å².